The van der Waals surface area contributed by atoms with Crippen molar-refractivity contribution in [2.45, 2.75) is 90.4 Å². The van der Waals surface area contributed by atoms with Crippen molar-refractivity contribution < 1.29 is 4.79 Å². The Labute approximate surface area is 144 Å². The summed E-state index contributed by atoms with van der Waals surface area (Å²) >= 11 is 0. The van der Waals surface area contributed by atoms with Crippen LogP contribution in [0, 0.1) is 5.21 Å². The number of nitrogens with zero attached hydrogens (tertiary/aromatic N) is 2. The second-order valence-corrected chi connectivity index (χ2v) is 6.94. The lowest BCUT2D eigenvalue weighted by atomic mass is 10.1. The molecular weight excluding hydrogens is 288 g/mol. The van der Waals surface area contributed by atoms with Crippen molar-refractivity contribution in [1.29, 1.82) is 0 Å². The first-order valence-electron chi connectivity index (χ1n) is 9.70. The van der Waals surface area contributed by atoms with Gasteiger partial charge in [-0.15, -0.1) is 0 Å². The Morgan fingerprint density at radius 3 is 1.70 bits per heavy atom. The Morgan fingerprint density at radius 2 is 1.22 bits per heavy atom. The lowest BCUT2D eigenvalue weighted by Crippen LogP contribution is -2.28. The highest BCUT2D eigenvalue weighted by Gasteiger charge is 2.04. The van der Waals surface area contributed by atoms with Gasteiger partial charge in [0, 0.05) is 13.0 Å². The van der Waals surface area contributed by atoms with Crippen molar-refractivity contribution >= 4 is 5.91 Å². The number of amides is 1. The van der Waals surface area contributed by atoms with E-state index in [-0.39, 0.29) is 5.91 Å². The predicted molar refractivity (Wildman–Crippen MR) is 99.3 cm³/mol. The molecule has 0 aliphatic carbocycles. The summed E-state index contributed by atoms with van der Waals surface area (Å²) in [5.41, 5.74) is 0. The standard InChI is InChI=1S/C19H39N2O2/c1-4-5-6-7-8-9-10-11-12-13-14-16-19(22)21(23)18-15-17-20(2)3/h4-18H2,1-3H3/q-1. The third-order valence-electron chi connectivity index (χ3n) is 4.24. The highest BCUT2D eigenvalue weighted by Crippen LogP contribution is 2.12. The smallest absolute Gasteiger partial charge is 0.212 e. The summed E-state index contributed by atoms with van der Waals surface area (Å²) in [6.45, 7) is 3.43. The molecule has 0 aromatic carbocycles. The minimum absolute atomic E-state index is 0.236. The highest BCUT2D eigenvalue weighted by molar-refractivity contribution is 5.76. The highest BCUT2D eigenvalue weighted by atomic mass is 16.5. The van der Waals surface area contributed by atoms with Crippen molar-refractivity contribution in [3.63, 3.8) is 0 Å². The molecule has 0 saturated heterocycles. The molecule has 0 aliphatic rings. The maximum Gasteiger partial charge on any atom is 0.212 e. The van der Waals surface area contributed by atoms with Crippen molar-refractivity contribution in [1.82, 2.24) is 9.96 Å². The van der Waals surface area contributed by atoms with E-state index in [9.17, 15) is 10.0 Å². The van der Waals surface area contributed by atoms with Gasteiger partial charge in [-0.3, -0.25) is 4.79 Å². The normalized spacial score (nSPS) is 11.2. The van der Waals surface area contributed by atoms with E-state index in [0.29, 0.717) is 18.0 Å². The number of carbonyl (C=O) groups is 1. The molecule has 0 saturated carbocycles. The molecule has 0 fully saturated rings. The minimum Gasteiger partial charge on any atom is -0.756 e. The molecule has 0 aliphatic heterocycles. The van der Waals surface area contributed by atoms with Crippen LogP contribution in [0.2, 0.25) is 0 Å². The molecule has 0 heterocycles. The first-order valence-corrected chi connectivity index (χ1v) is 9.70. The van der Waals surface area contributed by atoms with E-state index in [0.717, 1.165) is 25.8 Å². The summed E-state index contributed by atoms with van der Waals surface area (Å²) in [7, 11) is 3.95. The molecule has 0 aromatic rings. The van der Waals surface area contributed by atoms with Gasteiger partial charge in [0.15, 0.2) is 0 Å². The van der Waals surface area contributed by atoms with Gasteiger partial charge in [0.2, 0.25) is 5.91 Å². The third-order valence-corrected chi connectivity index (χ3v) is 4.24. The van der Waals surface area contributed by atoms with Crippen molar-refractivity contribution in [3.8, 4) is 0 Å². The molecule has 0 rings (SSSR count). The zero-order valence-corrected chi connectivity index (χ0v) is 15.8. The van der Waals surface area contributed by atoms with Crippen LogP contribution in [-0.4, -0.2) is 43.1 Å². The minimum atomic E-state index is -0.236. The van der Waals surface area contributed by atoms with Gasteiger partial charge < -0.3 is 15.2 Å². The lowest BCUT2D eigenvalue weighted by Gasteiger charge is -2.28. The molecule has 4 nitrogen and oxygen atoms in total. The number of hydrogen-bond donors (Lipinski definition) is 0. The molecule has 0 unspecified atom stereocenters. The Balaban J connectivity index is 3.31. The van der Waals surface area contributed by atoms with Gasteiger partial charge in [-0.2, -0.15) is 0 Å². The summed E-state index contributed by atoms with van der Waals surface area (Å²) in [5.74, 6) is -0.236. The van der Waals surface area contributed by atoms with Gasteiger partial charge in [-0.1, -0.05) is 71.1 Å². The molecule has 0 radical (unpaired) electrons. The largest absolute Gasteiger partial charge is 0.756 e. The molecule has 138 valence electrons. The monoisotopic (exact) mass is 327 g/mol. The number of hydrogen-bond acceptors (Lipinski definition) is 3. The topological polar surface area (TPSA) is 46.6 Å². The fourth-order valence-corrected chi connectivity index (χ4v) is 2.72. The van der Waals surface area contributed by atoms with Crippen LogP contribution >= 0.6 is 0 Å². The van der Waals surface area contributed by atoms with E-state index >= 15 is 0 Å². The van der Waals surface area contributed by atoms with E-state index in [4.69, 9.17) is 0 Å². The molecule has 4 heteroatoms. The van der Waals surface area contributed by atoms with Gasteiger partial charge in [0.25, 0.3) is 0 Å². The molecule has 0 aromatic heterocycles. The summed E-state index contributed by atoms with van der Waals surface area (Å²) in [5, 5.41) is 12.2. The van der Waals surface area contributed by atoms with E-state index in [1.807, 2.05) is 19.0 Å². The third kappa shape index (κ3) is 16.0. The predicted octanol–water partition coefficient (Wildman–Crippen LogP) is 4.97. The van der Waals surface area contributed by atoms with Gasteiger partial charge in [-0.25, -0.2) is 0 Å². The Hall–Kier alpha value is -0.610. The summed E-state index contributed by atoms with van der Waals surface area (Å²) in [6.07, 6.45) is 15.1. The van der Waals surface area contributed by atoms with Crippen molar-refractivity contribution in [3.05, 3.63) is 5.21 Å². The van der Waals surface area contributed by atoms with Crippen LogP contribution in [0.4, 0.5) is 0 Å². The summed E-state index contributed by atoms with van der Waals surface area (Å²) in [4.78, 5) is 13.7. The van der Waals surface area contributed by atoms with E-state index in [1.54, 1.807) is 0 Å². The number of carbonyl (C=O) groups excluding carboxylic acids is 1. The van der Waals surface area contributed by atoms with Crippen LogP contribution in [0.25, 0.3) is 0 Å². The zero-order valence-electron chi connectivity index (χ0n) is 15.8. The van der Waals surface area contributed by atoms with E-state index in [2.05, 4.69) is 6.92 Å². The van der Waals surface area contributed by atoms with E-state index < -0.39 is 0 Å². The van der Waals surface area contributed by atoms with Gasteiger partial charge in [0.05, 0.1) is 0 Å². The molecule has 1 amide bonds. The molecule has 0 N–H and O–H groups in total. The number of rotatable bonds is 16. The second-order valence-electron chi connectivity index (χ2n) is 6.94. The zero-order chi connectivity index (χ0) is 17.3. The molecule has 23 heavy (non-hydrogen) atoms. The maximum atomic E-state index is 11.7. The molecule has 0 atom stereocenters. The molecule has 0 bridgehead atoms. The summed E-state index contributed by atoms with van der Waals surface area (Å²) in [6, 6.07) is 0. The van der Waals surface area contributed by atoms with E-state index in [1.165, 1.54) is 57.8 Å². The van der Waals surface area contributed by atoms with Crippen LogP contribution < -0.4 is 0 Å². The Kier molecular flexibility index (Phi) is 15.8. The Morgan fingerprint density at radius 1 is 0.739 bits per heavy atom. The quantitative estimate of drug-likeness (QED) is 0.297. The van der Waals surface area contributed by atoms with Crippen molar-refractivity contribution in [2.24, 2.45) is 0 Å². The lowest BCUT2D eigenvalue weighted by molar-refractivity contribution is -0.128. The molecular formula is C19H39N2O2-. The second kappa shape index (κ2) is 16.3. The van der Waals surface area contributed by atoms with Crippen LogP contribution in [-0.2, 0) is 4.79 Å². The summed E-state index contributed by atoms with van der Waals surface area (Å²) < 4.78 is 0. The van der Waals surface area contributed by atoms with Gasteiger partial charge in [0.1, 0.15) is 0 Å². The molecule has 0 spiro atoms. The Bertz CT molecular complexity index is 270. The number of hydroxylamine groups is 2. The number of unbranched alkanes of at least 4 members (excludes halogenated alkanes) is 10. The van der Waals surface area contributed by atoms with Crippen LogP contribution in [0.15, 0.2) is 0 Å². The fourth-order valence-electron chi connectivity index (χ4n) is 2.72. The maximum absolute atomic E-state index is 11.7. The van der Waals surface area contributed by atoms with Crippen LogP contribution in [0.3, 0.4) is 0 Å². The van der Waals surface area contributed by atoms with Gasteiger partial charge >= 0.3 is 0 Å². The average Bonchev–Trinajstić information content (AvgIpc) is 2.51. The van der Waals surface area contributed by atoms with Crippen LogP contribution in [0.5, 0.6) is 0 Å². The van der Waals surface area contributed by atoms with Crippen molar-refractivity contribution in [2.75, 3.05) is 27.2 Å². The average molecular weight is 328 g/mol. The fraction of sp³-hybridized carbons (Fsp3) is 0.947. The van der Waals surface area contributed by atoms with Gasteiger partial charge in [-0.05, 0) is 33.5 Å². The first kappa shape index (κ1) is 22.4. The first-order chi connectivity index (χ1) is 11.1. The van der Waals surface area contributed by atoms with Crippen LogP contribution in [0.1, 0.15) is 90.4 Å². The SMILES string of the molecule is CCCCCCCCCCCCCC(=O)N([O-])CCCN(C)C.